The van der Waals surface area contributed by atoms with Gasteiger partial charge in [0.15, 0.2) is 0 Å². The lowest BCUT2D eigenvalue weighted by molar-refractivity contribution is 0.662. The van der Waals surface area contributed by atoms with Crippen molar-refractivity contribution >= 4 is 5.82 Å². The van der Waals surface area contributed by atoms with Crippen LogP contribution in [0.25, 0.3) is 0 Å². The van der Waals surface area contributed by atoms with Crippen LogP contribution >= 0.6 is 0 Å². The van der Waals surface area contributed by atoms with Gasteiger partial charge < -0.3 is 10.6 Å². The van der Waals surface area contributed by atoms with Gasteiger partial charge in [0.1, 0.15) is 12.1 Å². The highest BCUT2D eigenvalue weighted by atomic mass is 15.0. The predicted molar refractivity (Wildman–Crippen MR) is 72.7 cm³/mol. The largest absolute Gasteiger partial charge is 0.366 e. The molecule has 18 heavy (non-hydrogen) atoms. The van der Waals surface area contributed by atoms with Crippen LogP contribution in [0.3, 0.4) is 0 Å². The van der Waals surface area contributed by atoms with Crippen LogP contribution in [-0.4, -0.2) is 29.6 Å². The van der Waals surface area contributed by atoms with Gasteiger partial charge in [0.05, 0.1) is 0 Å². The smallest absolute Gasteiger partial charge is 0.133 e. The molecule has 96 valence electrons. The maximum Gasteiger partial charge on any atom is 0.133 e. The Morgan fingerprint density at radius 3 is 3.00 bits per heavy atom. The average Bonchev–Trinajstić information content (AvgIpc) is 2.46. The first-order chi connectivity index (χ1) is 8.93. The molecule has 4 heteroatoms. The lowest BCUT2D eigenvalue weighted by Gasteiger charge is -2.19. The molecule has 0 bridgehead atoms. The maximum absolute atomic E-state index is 4.41. The Kier molecular flexibility index (Phi) is 3.55. The third kappa shape index (κ3) is 2.53. The number of rotatable bonds is 3. The number of fused-ring (bicyclic) bond motifs is 1. The van der Waals surface area contributed by atoms with E-state index in [9.17, 15) is 0 Å². The van der Waals surface area contributed by atoms with E-state index in [4.69, 9.17) is 0 Å². The quantitative estimate of drug-likeness (QED) is 0.794. The van der Waals surface area contributed by atoms with Gasteiger partial charge >= 0.3 is 0 Å². The fourth-order valence-corrected chi connectivity index (χ4v) is 2.70. The van der Waals surface area contributed by atoms with Gasteiger partial charge in [-0.3, -0.25) is 0 Å². The second-order valence-corrected chi connectivity index (χ2v) is 5.02. The van der Waals surface area contributed by atoms with Crippen molar-refractivity contribution in [3.63, 3.8) is 0 Å². The van der Waals surface area contributed by atoms with Crippen molar-refractivity contribution in [2.75, 3.05) is 25.0 Å². The Balaban J connectivity index is 1.70. The van der Waals surface area contributed by atoms with Crippen molar-refractivity contribution in [1.82, 2.24) is 15.3 Å². The van der Waals surface area contributed by atoms with Gasteiger partial charge in [-0.25, -0.2) is 9.97 Å². The van der Waals surface area contributed by atoms with Gasteiger partial charge in [-0.15, -0.1) is 0 Å². The highest BCUT2D eigenvalue weighted by Gasteiger charge is 2.15. The summed E-state index contributed by atoms with van der Waals surface area (Å²) in [4.78, 5) is 8.81. The normalized spacial score (nSPS) is 19.0. The lowest BCUT2D eigenvalue weighted by Crippen LogP contribution is -2.23. The first kappa shape index (κ1) is 11.7. The molecule has 0 saturated heterocycles. The van der Waals surface area contributed by atoms with Crippen LogP contribution in [-0.2, 0) is 12.8 Å². The zero-order valence-corrected chi connectivity index (χ0v) is 10.7. The fourth-order valence-electron chi connectivity index (χ4n) is 2.70. The van der Waals surface area contributed by atoms with E-state index in [-0.39, 0.29) is 0 Å². The number of aryl methyl sites for hydroxylation is 1. The summed E-state index contributed by atoms with van der Waals surface area (Å²) in [6.07, 6.45) is 9.88. The molecule has 0 saturated carbocycles. The number of hydrogen-bond acceptors (Lipinski definition) is 4. The second-order valence-electron chi connectivity index (χ2n) is 5.02. The maximum atomic E-state index is 4.41. The fraction of sp³-hybridized carbons (Fsp3) is 0.571. The number of hydrogen-bond donors (Lipinski definition) is 2. The summed E-state index contributed by atoms with van der Waals surface area (Å²) in [5.41, 5.74) is 4.08. The van der Waals surface area contributed by atoms with E-state index in [0.29, 0.717) is 0 Å². The van der Waals surface area contributed by atoms with Crippen molar-refractivity contribution < 1.29 is 0 Å². The molecule has 1 aromatic rings. The van der Waals surface area contributed by atoms with Crippen molar-refractivity contribution in [2.24, 2.45) is 0 Å². The van der Waals surface area contributed by atoms with E-state index in [1.807, 2.05) is 0 Å². The van der Waals surface area contributed by atoms with Crippen LogP contribution < -0.4 is 10.6 Å². The number of anilines is 1. The summed E-state index contributed by atoms with van der Waals surface area (Å²) in [6, 6.07) is 0. The molecule has 0 radical (unpaired) electrons. The molecule has 1 aliphatic heterocycles. The highest BCUT2D eigenvalue weighted by Crippen LogP contribution is 2.24. The molecule has 0 aromatic carbocycles. The molecule has 0 atom stereocenters. The van der Waals surface area contributed by atoms with Gasteiger partial charge in [-0.05, 0) is 38.6 Å². The molecule has 3 rings (SSSR count). The summed E-state index contributed by atoms with van der Waals surface area (Å²) in [6.45, 7) is 3.01. The summed E-state index contributed by atoms with van der Waals surface area (Å²) < 4.78 is 0. The van der Waals surface area contributed by atoms with Crippen LogP contribution in [0.5, 0.6) is 0 Å². The van der Waals surface area contributed by atoms with E-state index in [1.165, 1.54) is 29.7 Å². The molecule has 2 aliphatic rings. The Labute approximate surface area is 108 Å². The van der Waals surface area contributed by atoms with E-state index in [2.05, 4.69) is 26.7 Å². The zero-order valence-electron chi connectivity index (χ0n) is 10.7. The topological polar surface area (TPSA) is 49.8 Å². The van der Waals surface area contributed by atoms with Gasteiger partial charge in [0.25, 0.3) is 0 Å². The van der Waals surface area contributed by atoms with Gasteiger partial charge in [0, 0.05) is 24.3 Å². The number of nitrogens with zero attached hydrogens (tertiary/aromatic N) is 2. The van der Waals surface area contributed by atoms with Crippen molar-refractivity contribution in [3.05, 3.63) is 29.2 Å². The zero-order chi connectivity index (χ0) is 12.2. The monoisotopic (exact) mass is 244 g/mol. The van der Waals surface area contributed by atoms with Crippen LogP contribution in [0.15, 0.2) is 18.0 Å². The molecule has 0 spiro atoms. The molecule has 1 aromatic heterocycles. The van der Waals surface area contributed by atoms with Crippen molar-refractivity contribution in [1.29, 1.82) is 0 Å². The van der Waals surface area contributed by atoms with Crippen molar-refractivity contribution in [2.45, 2.75) is 32.1 Å². The van der Waals surface area contributed by atoms with E-state index in [0.717, 1.165) is 44.7 Å². The van der Waals surface area contributed by atoms with Crippen LogP contribution in [0.4, 0.5) is 5.82 Å². The Morgan fingerprint density at radius 2 is 2.11 bits per heavy atom. The molecular formula is C14H20N4. The molecular weight excluding hydrogens is 224 g/mol. The van der Waals surface area contributed by atoms with Gasteiger partial charge in [-0.2, -0.15) is 0 Å². The third-order valence-corrected chi connectivity index (χ3v) is 3.77. The van der Waals surface area contributed by atoms with Crippen LogP contribution in [0.2, 0.25) is 0 Å². The van der Waals surface area contributed by atoms with Gasteiger partial charge in [-0.1, -0.05) is 11.6 Å². The third-order valence-electron chi connectivity index (χ3n) is 3.77. The minimum absolute atomic E-state index is 0.922. The van der Waals surface area contributed by atoms with E-state index in [1.54, 1.807) is 6.33 Å². The average molecular weight is 244 g/mol. The SMILES string of the molecule is C1=C(CNc2ncnc3c2CCCC3)CCNC1. The lowest BCUT2D eigenvalue weighted by atomic mass is 9.96. The minimum atomic E-state index is 0.922. The van der Waals surface area contributed by atoms with Crippen LogP contribution in [0.1, 0.15) is 30.5 Å². The molecule has 2 N–H and O–H groups in total. The first-order valence-corrected chi connectivity index (χ1v) is 6.89. The summed E-state index contributed by atoms with van der Waals surface area (Å²) in [5, 5.41) is 6.83. The van der Waals surface area contributed by atoms with Gasteiger partial charge in [0.2, 0.25) is 0 Å². The predicted octanol–water partition coefficient (Wildman–Crippen LogP) is 1.69. The molecule has 0 fully saturated rings. The number of aromatic nitrogens is 2. The Morgan fingerprint density at radius 1 is 1.17 bits per heavy atom. The van der Waals surface area contributed by atoms with Crippen molar-refractivity contribution in [3.8, 4) is 0 Å². The van der Waals surface area contributed by atoms with E-state index < -0.39 is 0 Å². The summed E-state index contributed by atoms with van der Waals surface area (Å²) in [5.74, 6) is 1.05. The highest BCUT2D eigenvalue weighted by molar-refractivity contribution is 5.47. The molecule has 0 amide bonds. The Bertz CT molecular complexity index is 453. The minimum Gasteiger partial charge on any atom is -0.366 e. The molecule has 2 heterocycles. The van der Waals surface area contributed by atoms with E-state index >= 15 is 0 Å². The summed E-state index contributed by atoms with van der Waals surface area (Å²) in [7, 11) is 0. The first-order valence-electron chi connectivity index (χ1n) is 6.89. The molecule has 4 nitrogen and oxygen atoms in total. The molecule has 1 aliphatic carbocycles. The number of nitrogens with one attached hydrogen (secondary N) is 2. The summed E-state index contributed by atoms with van der Waals surface area (Å²) >= 11 is 0. The standard InChI is InChI=1S/C14H20N4/c1-2-4-13-12(3-1)14(18-10-17-13)16-9-11-5-7-15-8-6-11/h5,10,15H,1-4,6-9H2,(H,16,17,18). The molecule has 0 unspecified atom stereocenters. The Hall–Kier alpha value is -1.42. The van der Waals surface area contributed by atoms with Crippen LogP contribution in [0, 0.1) is 0 Å². The second kappa shape index (κ2) is 5.48.